The molecular weight excluding hydrogens is 262 g/mol. The zero-order valence-electron chi connectivity index (χ0n) is 12.6. The molecule has 3 N–H and O–H groups in total. The predicted molar refractivity (Wildman–Crippen MR) is 75.3 cm³/mol. The van der Waals surface area contributed by atoms with Crippen LogP contribution in [0.5, 0.6) is 0 Å². The fraction of sp³-hybridized carbons (Fsp3) is 0.769. The smallest absolute Gasteiger partial charge is 0.326 e. The maximum absolute atomic E-state index is 12.1. The summed E-state index contributed by atoms with van der Waals surface area (Å²) >= 11 is 0. The maximum Gasteiger partial charge on any atom is 0.326 e. The van der Waals surface area contributed by atoms with Gasteiger partial charge in [0.25, 0.3) is 0 Å². The van der Waals surface area contributed by atoms with E-state index in [1.807, 2.05) is 20.8 Å². The number of carbonyl (C=O) groups is 3. The van der Waals surface area contributed by atoms with E-state index in [0.717, 1.165) is 0 Å². The van der Waals surface area contributed by atoms with Gasteiger partial charge in [0.15, 0.2) is 0 Å². The van der Waals surface area contributed by atoms with E-state index in [1.54, 1.807) is 0 Å². The standard InChI is InChI=1S/C13H25N3O4/c1-5-6-16(8-11(17)14-4)13(20)15-10(12(18)19)7-9(2)3/h9-10H,5-8H2,1-4H3,(H,14,17)(H,15,20)(H,18,19)/t10-/m0/s1. The van der Waals surface area contributed by atoms with E-state index in [1.165, 1.54) is 11.9 Å². The topological polar surface area (TPSA) is 98.7 Å². The van der Waals surface area contributed by atoms with E-state index in [9.17, 15) is 14.4 Å². The number of hydrogen-bond acceptors (Lipinski definition) is 3. The molecule has 0 bridgehead atoms. The molecule has 20 heavy (non-hydrogen) atoms. The Morgan fingerprint density at radius 3 is 2.25 bits per heavy atom. The van der Waals surface area contributed by atoms with Crippen molar-refractivity contribution in [2.45, 2.75) is 39.7 Å². The van der Waals surface area contributed by atoms with Crippen LogP contribution in [0.3, 0.4) is 0 Å². The number of carboxylic acid groups (broad SMARTS) is 1. The van der Waals surface area contributed by atoms with Crippen LogP contribution in [0.15, 0.2) is 0 Å². The number of rotatable bonds is 8. The van der Waals surface area contributed by atoms with Crippen LogP contribution >= 0.6 is 0 Å². The molecule has 0 radical (unpaired) electrons. The highest BCUT2D eigenvalue weighted by Crippen LogP contribution is 2.06. The molecule has 0 aliphatic heterocycles. The fourth-order valence-electron chi connectivity index (χ4n) is 1.71. The molecule has 0 heterocycles. The van der Waals surface area contributed by atoms with Crippen LogP contribution in [0, 0.1) is 5.92 Å². The first-order valence-electron chi connectivity index (χ1n) is 6.80. The Hall–Kier alpha value is -1.79. The summed E-state index contributed by atoms with van der Waals surface area (Å²) in [5, 5.41) is 14.0. The Bertz CT molecular complexity index is 345. The van der Waals surface area contributed by atoms with E-state index in [0.29, 0.717) is 19.4 Å². The lowest BCUT2D eigenvalue weighted by Gasteiger charge is -2.24. The lowest BCUT2D eigenvalue weighted by atomic mass is 10.0. The number of amides is 3. The maximum atomic E-state index is 12.1. The summed E-state index contributed by atoms with van der Waals surface area (Å²) in [6.07, 6.45) is 1.04. The number of nitrogens with zero attached hydrogens (tertiary/aromatic N) is 1. The molecule has 0 spiro atoms. The van der Waals surface area contributed by atoms with Gasteiger partial charge >= 0.3 is 12.0 Å². The zero-order valence-corrected chi connectivity index (χ0v) is 12.6. The first kappa shape index (κ1) is 18.2. The largest absolute Gasteiger partial charge is 0.480 e. The summed E-state index contributed by atoms with van der Waals surface area (Å²) in [6, 6.07) is -1.46. The van der Waals surface area contributed by atoms with Crippen molar-refractivity contribution >= 4 is 17.9 Å². The van der Waals surface area contributed by atoms with Crippen molar-refractivity contribution < 1.29 is 19.5 Å². The molecule has 116 valence electrons. The third-order valence-corrected chi connectivity index (χ3v) is 2.70. The number of nitrogens with one attached hydrogen (secondary N) is 2. The molecule has 1 atom stereocenters. The van der Waals surface area contributed by atoms with Gasteiger partial charge in [0.2, 0.25) is 5.91 Å². The molecule has 0 aliphatic rings. The van der Waals surface area contributed by atoms with Crippen molar-refractivity contribution in [2.24, 2.45) is 5.92 Å². The second-order valence-corrected chi connectivity index (χ2v) is 5.06. The van der Waals surface area contributed by atoms with Crippen molar-refractivity contribution in [3.05, 3.63) is 0 Å². The van der Waals surface area contributed by atoms with Gasteiger partial charge in [0, 0.05) is 13.6 Å². The second kappa shape index (κ2) is 9.17. The summed E-state index contributed by atoms with van der Waals surface area (Å²) < 4.78 is 0. The molecule has 0 aliphatic carbocycles. The monoisotopic (exact) mass is 287 g/mol. The van der Waals surface area contributed by atoms with Crippen LogP contribution in [0.25, 0.3) is 0 Å². The SMILES string of the molecule is CCCN(CC(=O)NC)C(=O)N[C@@H](CC(C)C)C(=O)O. The minimum atomic E-state index is -1.07. The lowest BCUT2D eigenvalue weighted by molar-refractivity contribution is -0.139. The number of carbonyl (C=O) groups excluding carboxylic acids is 2. The quantitative estimate of drug-likeness (QED) is 0.610. The van der Waals surface area contributed by atoms with Crippen LogP contribution in [-0.2, 0) is 9.59 Å². The molecule has 3 amide bonds. The molecule has 0 saturated carbocycles. The summed E-state index contributed by atoms with van der Waals surface area (Å²) in [6.45, 7) is 5.97. The normalized spacial score (nSPS) is 11.8. The number of aliphatic carboxylic acids is 1. The highest BCUT2D eigenvalue weighted by molar-refractivity contribution is 5.86. The predicted octanol–water partition coefficient (Wildman–Crippen LogP) is 0.653. The summed E-state index contributed by atoms with van der Waals surface area (Å²) in [5.41, 5.74) is 0. The van der Waals surface area contributed by atoms with Gasteiger partial charge in [0.1, 0.15) is 12.6 Å². The number of likely N-dealkylation sites (N-methyl/N-ethyl adjacent to an activating group) is 1. The molecule has 0 aromatic heterocycles. The minimum Gasteiger partial charge on any atom is -0.480 e. The Morgan fingerprint density at radius 1 is 1.25 bits per heavy atom. The van der Waals surface area contributed by atoms with Crippen LogP contribution in [-0.4, -0.2) is 54.1 Å². The van der Waals surface area contributed by atoms with Gasteiger partial charge in [-0.2, -0.15) is 0 Å². The van der Waals surface area contributed by atoms with Gasteiger partial charge in [0.05, 0.1) is 0 Å². The van der Waals surface area contributed by atoms with Crippen molar-refractivity contribution in [1.29, 1.82) is 0 Å². The van der Waals surface area contributed by atoms with Crippen LogP contribution < -0.4 is 10.6 Å². The zero-order chi connectivity index (χ0) is 15.7. The molecule has 0 unspecified atom stereocenters. The molecule has 0 aromatic carbocycles. The van der Waals surface area contributed by atoms with E-state index < -0.39 is 18.0 Å². The summed E-state index contributed by atoms with van der Waals surface area (Å²) in [5.74, 6) is -1.21. The van der Waals surface area contributed by atoms with Gasteiger partial charge in [-0.1, -0.05) is 20.8 Å². The summed E-state index contributed by atoms with van der Waals surface area (Å²) in [7, 11) is 1.49. The number of urea groups is 1. The first-order chi connectivity index (χ1) is 9.31. The van der Waals surface area contributed by atoms with Gasteiger partial charge in [-0.05, 0) is 18.8 Å². The van der Waals surface area contributed by atoms with Crippen LogP contribution in [0.4, 0.5) is 4.79 Å². The van der Waals surface area contributed by atoms with Gasteiger partial charge < -0.3 is 20.6 Å². The van der Waals surface area contributed by atoms with E-state index in [4.69, 9.17) is 5.11 Å². The first-order valence-corrected chi connectivity index (χ1v) is 6.80. The van der Waals surface area contributed by atoms with E-state index >= 15 is 0 Å². The molecule has 0 saturated heterocycles. The molecule has 0 aromatic rings. The Balaban J connectivity index is 4.70. The number of carboxylic acids is 1. The Kier molecular flexibility index (Phi) is 8.35. The van der Waals surface area contributed by atoms with E-state index in [2.05, 4.69) is 10.6 Å². The van der Waals surface area contributed by atoms with Gasteiger partial charge in [-0.25, -0.2) is 9.59 Å². The minimum absolute atomic E-state index is 0.0792. The highest BCUT2D eigenvalue weighted by Gasteiger charge is 2.24. The second-order valence-electron chi connectivity index (χ2n) is 5.06. The van der Waals surface area contributed by atoms with Crippen LogP contribution in [0.2, 0.25) is 0 Å². The molecule has 0 rings (SSSR count). The van der Waals surface area contributed by atoms with Crippen molar-refractivity contribution in [1.82, 2.24) is 15.5 Å². The van der Waals surface area contributed by atoms with Gasteiger partial charge in [-0.3, -0.25) is 4.79 Å². The molecule has 7 heteroatoms. The molecular formula is C13H25N3O4. The lowest BCUT2D eigenvalue weighted by Crippen LogP contribution is -2.50. The summed E-state index contributed by atoms with van der Waals surface area (Å²) in [4.78, 5) is 35.8. The number of hydrogen-bond donors (Lipinski definition) is 3. The molecule has 0 fully saturated rings. The van der Waals surface area contributed by atoms with Crippen molar-refractivity contribution in [3.63, 3.8) is 0 Å². The average Bonchev–Trinajstić information content (AvgIpc) is 2.36. The molecule has 7 nitrogen and oxygen atoms in total. The third kappa shape index (κ3) is 6.96. The van der Waals surface area contributed by atoms with Crippen molar-refractivity contribution in [2.75, 3.05) is 20.1 Å². The van der Waals surface area contributed by atoms with Crippen molar-refractivity contribution in [3.8, 4) is 0 Å². The highest BCUT2D eigenvalue weighted by atomic mass is 16.4. The van der Waals surface area contributed by atoms with Gasteiger partial charge in [-0.15, -0.1) is 0 Å². The Morgan fingerprint density at radius 2 is 1.85 bits per heavy atom. The van der Waals surface area contributed by atoms with Crippen LogP contribution in [0.1, 0.15) is 33.6 Å². The third-order valence-electron chi connectivity index (χ3n) is 2.70. The fourth-order valence-corrected chi connectivity index (χ4v) is 1.71. The van der Waals surface area contributed by atoms with E-state index in [-0.39, 0.29) is 18.4 Å². The Labute approximate surface area is 119 Å². The average molecular weight is 287 g/mol.